The standard InChI is InChI=1S/C12H11N3O2/c1-2-17-12(16)10-11-9-6-4-3-5-8(9)7-15(11)14-13-10/h3-6H,2,7H2,1H3. The molecule has 0 radical (unpaired) electrons. The fourth-order valence-corrected chi connectivity index (χ4v) is 2.08. The van der Waals surface area contributed by atoms with Crippen LogP contribution in [0.3, 0.4) is 0 Å². The van der Waals surface area contributed by atoms with E-state index in [2.05, 4.69) is 10.3 Å². The number of fused-ring (bicyclic) bond motifs is 3. The molecule has 1 aliphatic heterocycles. The number of carbonyl (C=O) groups is 1. The van der Waals surface area contributed by atoms with Crippen molar-refractivity contribution in [3.63, 3.8) is 0 Å². The van der Waals surface area contributed by atoms with Crippen molar-refractivity contribution >= 4 is 5.97 Å². The summed E-state index contributed by atoms with van der Waals surface area (Å²) >= 11 is 0. The molecule has 0 fully saturated rings. The lowest BCUT2D eigenvalue weighted by atomic mass is 10.1. The Labute approximate surface area is 98.0 Å². The van der Waals surface area contributed by atoms with Crippen LogP contribution in [-0.4, -0.2) is 27.6 Å². The summed E-state index contributed by atoms with van der Waals surface area (Å²) < 4.78 is 6.70. The molecule has 5 nitrogen and oxygen atoms in total. The third-order valence-electron chi connectivity index (χ3n) is 2.80. The minimum atomic E-state index is -0.412. The van der Waals surface area contributed by atoms with Crippen molar-refractivity contribution in [2.75, 3.05) is 6.61 Å². The number of rotatable bonds is 2. The van der Waals surface area contributed by atoms with E-state index in [1.54, 1.807) is 11.6 Å². The van der Waals surface area contributed by atoms with Gasteiger partial charge in [-0.3, -0.25) is 0 Å². The first-order valence-electron chi connectivity index (χ1n) is 5.50. The normalized spacial score (nSPS) is 12.1. The van der Waals surface area contributed by atoms with Gasteiger partial charge in [0.1, 0.15) is 5.69 Å². The van der Waals surface area contributed by atoms with Crippen LogP contribution in [0.15, 0.2) is 24.3 Å². The predicted octanol–water partition coefficient (Wildman–Crippen LogP) is 1.48. The second kappa shape index (κ2) is 3.69. The van der Waals surface area contributed by atoms with Crippen LogP contribution < -0.4 is 0 Å². The summed E-state index contributed by atoms with van der Waals surface area (Å²) in [7, 11) is 0. The molecule has 1 aromatic carbocycles. The summed E-state index contributed by atoms with van der Waals surface area (Å²) in [5, 5.41) is 7.87. The smallest absolute Gasteiger partial charge is 0.361 e. The van der Waals surface area contributed by atoms with Crippen molar-refractivity contribution in [3.05, 3.63) is 35.5 Å². The van der Waals surface area contributed by atoms with Gasteiger partial charge in [-0.1, -0.05) is 29.5 Å². The van der Waals surface area contributed by atoms with Crippen molar-refractivity contribution in [1.29, 1.82) is 0 Å². The van der Waals surface area contributed by atoms with Crippen LogP contribution in [0.25, 0.3) is 11.3 Å². The van der Waals surface area contributed by atoms with Crippen molar-refractivity contribution < 1.29 is 9.53 Å². The van der Waals surface area contributed by atoms with E-state index in [1.807, 2.05) is 24.3 Å². The van der Waals surface area contributed by atoms with Gasteiger partial charge >= 0.3 is 5.97 Å². The van der Waals surface area contributed by atoms with E-state index in [1.165, 1.54) is 0 Å². The van der Waals surface area contributed by atoms with Gasteiger partial charge in [-0.2, -0.15) is 0 Å². The van der Waals surface area contributed by atoms with Crippen molar-refractivity contribution in [1.82, 2.24) is 15.0 Å². The highest BCUT2D eigenvalue weighted by atomic mass is 16.5. The molecule has 0 spiro atoms. The van der Waals surface area contributed by atoms with E-state index in [0.29, 0.717) is 18.8 Å². The first kappa shape index (κ1) is 10.0. The van der Waals surface area contributed by atoms with E-state index in [4.69, 9.17) is 4.74 Å². The third-order valence-corrected chi connectivity index (χ3v) is 2.80. The molecule has 0 aliphatic carbocycles. The third kappa shape index (κ3) is 1.43. The molecule has 0 atom stereocenters. The molecule has 17 heavy (non-hydrogen) atoms. The van der Waals surface area contributed by atoms with Crippen molar-refractivity contribution in [3.8, 4) is 11.3 Å². The Morgan fingerprint density at radius 2 is 2.29 bits per heavy atom. The summed E-state index contributed by atoms with van der Waals surface area (Å²) in [4.78, 5) is 11.7. The Morgan fingerprint density at radius 1 is 1.47 bits per heavy atom. The molecule has 0 saturated carbocycles. The quantitative estimate of drug-likeness (QED) is 0.624. The lowest BCUT2D eigenvalue weighted by molar-refractivity contribution is 0.0520. The molecule has 1 aromatic heterocycles. The highest BCUT2D eigenvalue weighted by Gasteiger charge is 2.28. The van der Waals surface area contributed by atoms with Crippen molar-refractivity contribution in [2.45, 2.75) is 13.5 Å². The Morgan fingerprint density at radius 3 is 3.12 bits per heavy atom. The molecule has 2 aromatic rings. The maximum atomic E-state index is 11.7. The van der Waals surface area contributed by atoms with Crippen LogP contribution >= 0.6 is 0 Å². The fraction of sp³-hybridized carbons (Fsp3) is 0.250. The Hall–Kier alpha value is -2.17. The number of nitrogens with zero attached hydrogens (tertiary/aromatic N) is 3. The largest absolute Gasteiger partial charge is 0.461 e. The topological polar surface area (TPSA) is 57.0 Å². The van der Waals surface area contributed by atoms with Crippen LogP contribution in [0.1, 0.15) is 23.0 Å². The van der Waals surface area contributed by atoms with Crippen LogP contribution in [0, 0.1) is 0 Å². The van der Waals surface area contributed by atoms with E-state index < -0.39 is 5.97 Å². The second-order valence-corrected chi connectivity index (χ2v) is 3.82. The van der Waals surface area contributed by atoms with Gasteiger partial charge in [0.2, 0.25) is 0 Å². The SMILES string of the molecule is CCOC(=O)c1nnn2c1-c1ccccc1C2. The number of hydrogen-bond donors (Lipinski definition) is 0. The van der Waals surface area contributed by atoms with Gasteiger partial charge in [0.05, 0.1) is 13.2 Å². The minimum absolute atomic E-state index is 0.303. The highest BCUT2D eigenvalue weighted by molar-refractivity contribution is 5.95. The van der Waals surface area contributed by atoms with Gasteiger partial charge in [0.25, 0.3) is 0 Å². The average Bonchev–Trinajstić information content (AvgIpc) is 2.87. The summed E-state index contributed by atoms with van der Waals surface area (Å²) in [6.45, 7) is 2.78. The molecular formula is C12H11N3O2. The molecular weight excluding hydrogens is 218 g/mol. The fourth-order valence-electron chi connectivity index (χ4n) is 2.08. The van der Waals surface area contributed by atoms with Gasteiger partial charge < -0.3 is 4.74 Å². The zero-order chi connectivity index (χ0) is 11.8. The predicted molar refractivity (Wildman–Crippen MR) is 60.5 cm³/mol. The second-order valence-electron chi connectivity index (χ2n) is 3.82. The molecule has 86 valence electrons. The summed E-state index contributed by atoms with van der Waals surface area (Å²) in [6, 6.07) is 7.92. The van der Waals surface area contributed by atoms with E-state index in [0.717, 1.165) is 16.8 Å². The summed E-state index contributed by atoms with van der Waals surface area (Å²) in [6.07, 6.45) is 0. The average molecular weight is 229 g/mol. The molecule has 1 aliphatic rings. The number of esters is 1. The first-order valence-corrected chi connectivity index (χ1v) is 5.50. The van der Waals surface area contributed by atoms with E-state index >= 15 is 0 Å². The van der Waals surface area contributed by atoms with Crippen LogP contribution in [0.5, 0.6) is 0 Å². The molecule has 0 N–H and O–H groups in total. The molecule has 2 heterocycles. The number of benzene rings is 1. The van der Waals surface area contributed by atoms with Gasteiger partial charge in [-0.25, -0.2) is 9.48 Å². The van der Waals surface area contributed by atoms with Crippen LogP contribution in [0.4, 0.5) is 0 Å². The van der Waals surface area contributed by atoms with Gasteiger partial charge in [-0.05, 0) is 12.5 Å². The zero-order valence-corrected chi connectivity index (χ0v) is 9.38. The number of ether oxygens (including phenoxy) is 1. The molecule has 3 rings (SSSR count). The Kier molecular flexibility index (Phi) is 2.18. The molecule has 0 unspecified atom stereocenters. The lowest BCUT2D eigenvalue weighted by Crippen LogP contribution is -2.06. The van der Waals surface area contributed by atoms with Gasteiger partial charge in [0, 0.05) is 5.56 Å². The maximum Gasteiger partial charge on any atom is 0.361 e. The van der Waals surface area contributed by atoms with Gasteiger partial charge in [-0.15, -0.1) is 5.10 Å². The zero-order valence-electron chi connectivity index (χ0n) is 9.38. The van der Waals surface area contributed by atoms with Crippen LogP contribution in [-0.2, 0) is 11.3 Å². The monoisotopic (exact) mass is 229 g/mol. The van der Waals surface area contributed by atoms with E-state index in [-0.39, 0.29) is 0 Å². The molecule has 0 bridgehead atoms. The van der Waals surface area contributed by atoms with Crippen LogP contribution in [0.2, 0.25) is 0 Å². The first-order chi connectivity index (χ1) is 8.31. The van der Waals surface area contributed by atoms with E-state index in [9.17, 15) is 4.79 Å². The maximum absolute atomic E-state index is 11.7. The molecule has 0 amide bonds. The Balaban J connectivity index is 2.11. The highest BCUT2D eigenvalue weighted by Crippen LogP contribution is 2.32. The lowest BCUT2D eigenvalue weighted by Gasteiger charge is -2.00. The number of aromatic nitrogens is 3. The summed E-state index contributed by atoms with van der Waals surface area (Å²) in [5.74, 6) is -0.412. The number of hydrogen-bond acceptors (Lipinski definition) is 4. The minimum Gasteiger partial charge on any atom is -0.461 e. The molecule has 0 saturated heterocycles. The Bertz CT molecular complexity index is 589. The summed E-state index contributed by atoms with van der Waals surface area (Å²) in [5.41, 5.74) is 3.24. The van der Waals surface area contributed by atoms with Gasteiger partial charge in [0.15, 0.2) is 5.69 Å². The van der Waals surface area contributed by atoms with Crippen molar-refractivity contribution in [2.24, 2.45) is 0 Å². The molecule has 5 heteroatoms. The number of carbonyl (C=O) groups excluding carboxylic acids is 1.